The monoisotopic (exact) mass is 322 g/mol. The smallest absolute Gasteiger partial charge is 0.268 e. The minimum absolute atomic E-state index is 0.0109. The molecule has 0 radical (unpaired) electrons. The summed E-state index contributed by atoms with van der Waals surface area (Å²) in [5.74, 6) is 0.0109. The van der Waals surface area contributed by atoms with Gasteiger partial charge in [-0.2, -0.15) is 0 Å². The van der Waals surface area contributed by atoms with Gasteiger partial charge in [0.2, 0.25) is 0 Å². The van der Waals surface area contributed by atoms with Crippen LogP contribution in [0.25, 0.3) is 10.4 Å². The molecule has 0 aliphatic rings. The van der Waals surface area contributed by atoms with Crippen molar-refractivity contribution in [1.82, 2.24) is 4.98 Å². The van der Waals surface area contributed by atoms with Gasteiger partial charge in [0.1, 0.15) is 0 Å². The number of amides is 1. The molecule has 0 spiro atoms. The highest BCUT2D eigenvalue weighted by Crippen LogP contribution is 2.31. The molecule has 0 unspecified atom stereocenters. The average molecular weight is 322 g/mol. The second-order valence-corrected chi connectivity index (χ2v) is 6.64. The molecule has 3 aromatic rings. The van der Waals surface area contributed by atoms with Gasteiger partial charge in [0.25, 0.3) is 5.91 Å². The summed E-state index contributed by atoms with van der Waals surface area (Å²) in [6, 6.07) is 13.8. The Labute approximate surface area is 140 Å². The lowest BCUT2D eigenvalue weighted by Gasteiger charge is -2.16. The van der Waals surface area contributed by atoms with Gasteiger partial charge in [0.15, 0.2) is 0 Å². The first-order valence-corrected chi connectivity index (χ1v) is 8.23. The summed E-state index contributed by atoms with van der Waals surface area (Å²) >= 11 is 1.52. The standard InChI is InChI=1S/C19H18N2OS/c1-13-4-6-15(7-5-13)21(3)19(22)18-9-8-17(23-18)16-10-11-20-12-14(16)2/h4-12H,1-3H3. The van der Waals surface area contributed by atoms with Crippen molar-refractivity contribution >= 4 is 22.9 Å². The molecule has 1 amide bonds. The zero-order valence-electron chi connectivity index (χ0n) is 13.4. The number of thiophene rings is 1. The number of hydrogen-bond donors (Lipinski definition) is 0. The van der Waals surface area contributed by atoms with E-state index in [1.807, 2.05) is 69.6 Å². The lowest BCUT2D eigenvalue weighted by Crippen LogP contribution is -2.25. The zero-order chi connectivity index (χ0) is 16.4. The van der Waals surface area contributed by atoms with Crippen LogP contribution in [-0.2, 0) is 0 Å². The maximum absolute atomic E-state index is 12.7. The third-order valence-electron chi connectivity index (χ3n) is 3.83. The van der Waals surface area contributed by atoms with E-state index in [4.69, 9.17) is 0 Å². The number of carbonyl (C=O) groups excluding carboxylic acids is 1. The molecule has 0 aliphatic heterocycles. The lowest BCUT2D eigenvalue weighted by atomic mass is 10.1. The van der Waals surface area contributed by atoms with Crippen molar-refractivity contribution in [3.8, 4) is 10.4 Å². The largest absolute Gasteiger partial charge is 0.311 e. The Morgan fingerprint density at radius 1 is 1.04 bits per heavy atom. The Morgan fingerprint density at radius 2 is 1.78 bits per heavy atom. The number of rotatable bonds is 3. The second-order valence-electron chi connectivity index (χ2n) is 5.55. The molecule has 0 atom stereocenters. The van der Waals surface area contributed by atoms with Crippen LogP contribution in [0, 0.1) is 13.8 Å². The summed E-state index contributed by atoms with van der Waals surface area (Å²) in [6.07, 6.45) is 3.62. The normalized spacial score (nSPS) is 10.6. The van der Waals surface area contributed by atoms with Gasteiger partial charge in [0.05, 0.1) is 4.88 Å². The average Bonchev–Trinajstić information content (AvgIpc) is 3.04. The summed E-state index contributed by atoms with van der Waals surface area (Å²) in [5.41, 5.74) is 4.32. The quantitative estimate of drug-likeness (QED) is 0.700. The summed E-state index contributed by atoms with van der Waals surface area (Å²) in [6.45, 7) is 4.07. The molecule has 0 bridgehead atoms. The summed E-state index contributed by atoms with van der Waals surface area (Å²) in [7, 11) is 1.81. The number of aryl methyl sites for hydroxylation is 2. The number of pyridine rings is 1. The number of aromatic nitrogens is 1. The van der Waals surface area contributed by atoms with Crippen LogP contribution in [0.2, 0.25) is 0 Å². The van der Waals surface area contributed by atoms with Crippen LogP contribution in [-0.4, -0.2) is 17.9 Å². The van der Waals surface area contributed by atoms with Crippen LogP contribution >= 0.6 is 11.3 Å². The van der Waals surface area contributed by atoms with E-state index in [0.717, 1.165) is 26.6 Å². The summed E-state index contributed by atoms with van der Waals surface area (Å²) in [4.78, 5) is 20.3. The van der Waals surface area contributed by atoms with Crippen molar-refractivity contribution in [2.75, 3.05) is 11.9 Å². The maximum atomic E-state index is 12.7. The van der Waals surface area contributed by atoms with Crippen molar-refractivity contribution in [1.29, 1.82) is 0 Å². The SMILES string of the molecule is Cc1ccc(N(C)C(=O)c2ccc(-c3ccncc3C)s2)cc1. The Morgan fingerprint density at radius 3 is 2.48 bits per heavy atom. The third kappa shape index (κ3) is 3.17. The fourth-order valence-corrected chi connectivity index (χ4v) is 3.47. The first-order valence-electron chi connectivity index (χ1n) is 7.42. The molecule has 116 valence electrons. The van der Waals surface area contributed by atoms with Gasteiger partial charge in [-0.1, -0.05) is 17.7 Å². The number of carbonyl (C=O) groups is 1. The van der Waals surface area contributed by atoms with Crippen molar-refractivity contribution < 1.29 is 4.79 Å². The fraction of sp³-hybridized carbons (Fsp3) is 0.158. The van der Waals surface area contributed by atoms with E-state index in [9.17, 15) is 4.79 Å². The van der Waals surface area contributed by atoms with Gasteiger partial charge >= 0.3 is 0 Å². The topological polar surface area (TPSA) is 33.2 Å². The molecule has 0 aliphatic carbocycles. The first-order chi connectivity index (χ1) is 11.1. The number of anilines is 1. The highest BCUT2D eigenvalue weighted by atomic mass is 32.1. The third-order valence-corrected chi connectivity index (χ3v) is 4.93. The van der Waals surface area contributed by atoms with Gasteiger partial charge in [-0.25, -0.2) is 0 Å². The van der Waals surface area contributed by atoms with Crippen LogP contribution in [0.4, 0.5) is 5.69 Å². The van der Waals surface area contributed by atoms with E-state index in [1.54, 1.807) is 11.1 Å². The van der Waals surface area contributed by atoms with Gasteiger partial charge in [0, 0.05) is 30.0 Å². The van der Waals surface area contributed by atoms with Crippen LogP contribution in [0.3, 0.4) is 0 Å². The molecule has 2 heterocycles. The number of nitrogens with zero attached hydrogens (tertiary/aromatic N) is 2. The molecule has 0 N–H and O–H groups in total. The molecule has 2 aromatic heterocycles. The molecular weight excluding hydrogens is 304 g/mol. The van der Waals surface area contributed by atoms with Crippen molar-refractivity contribution in [2.45, 2.75) is 13.8 Å². The molecule has 1 aromatic carbocycles. The first kappa shape index (κ1) is 15.4. The van der Waals surface area contributed by atoms with E-state index >= 15 is 0 Å². The Bertz CT molecular complexity index is 837. The van der Waals surface area contributed by atoms with Crippen molar-refractivity contribution in [3.63, 3.8) is 0 Å². The van der Waals surface area contributed by atoms with E-state index in [2.05, 4.69) is 4.98 Å². The van der Waals surface area contributed by atoms with E-state index in [0.29, 0.717) is 0 Å². The van der Waals surface area contributed by atoms with Crippen LogP contribution in [0.15, 0.2) is 54.9 Å². The van der Waals surface area contributed by atoms with Crippen molar-refractivity contribution in [2.24, 2.45) is 0 Å². The van der Waals surface area contributed by atoms with Crippen LogP contribution in [0.1, 0.15) is 20.8 Å². The molecular formula is C19H18N2OS. The Hall–Kier alpha value is -2.46. The predicted octanol–water partition coefficient (Wildman–Crippen LogP) is 4.70. The van der Waals surface area contributed by atoms with Gasteiger partial charge in [-0.05, 0) is 55.3 Å². The molecule has 0 saturated carbocycles. The van der Waals surface area contributed by atoms with E-state index < -0.39 is 0 Å². The van der Waals surface area contributed by atoms with E-state index in [-0.39, 0.29) is 5.91 Å². The second kappa shape index (κ2) is 6.34. The highest BCUT2D eigenvalue weighted by molar-refractivity contribution is 7.17. The Kier molecular flexibility index (Phi) is 4.26. The highest BCUT2D eigenvalue weighted by Gasteiger charge is 2.16. The molecule has 23 heavy (non-hydrogen) atoms. The zero-order valence-corrected chi connectivity index (χ0v) is 14.2. The molecule has 3 rings (SSSR count). The Balaban J connectivity index is 1.86. The van der Waals surface area contributed by atoms with Gasteiger partial charge in [-0.3, -0.25) is 9.78 Å². The summed E-state index contributed by atoms with van der Waals surface area (Å²) in [5, 5.41) is 0. The summed E-state index contributed by atoms with van der Waals surface area (Å²) < 4.78 is 0. The minimum atomic E-state index is 0.0109. The van der Waals surface area contributed by atoms with Gasteiger partial charge in [-0.15, -0.1) is 11.3 Å². The maximum Gasteiger partial charge on any atom is 0.268 e. The number of benzene rings is 1. The molecule has 4 heteroatoms. The number of hydrogen-bond acceptors (Lipinski definition) is 3. The minimum Gasteiger partial charge on any atom is -0.311 e. The fourth-order valence-electron chi connectivity index (χ4n) is 2.40. The van der Waals surface area contributed by atoms with E-state index in [1.165, 1.54) is 16.9 Å². The van der Waals surface area contributed by atoms with Crippen molar-refractivity contribution in [3.05, 3.63) is 70.9 Å². The van der Waals surface area contributed by atoms with Gasteiger partial charge < -0.3 is 4.90 Å². The molecule has 0 fully saturated rings. The molecule has 3 nitrogen and oxygen atoms in total. The lowest BCUT2D eigenvalue weighted by molar-refractivity contribution is 0.0997. The van der Waals surface area contributed by atoms with Crippen LogP contribution < -0.4 is 4.90 Å². The molecule has 0 saturated heterocycles. The van der Waals surface area contributed by atoms with Crippen LogP contribution in [0.5, 0.6) is 0 Å². The predicted molar refractivity (Wildman–Crippen MR) is 96.2 cm³/mol.